The number of aliphatic carboxylic acids is 1. The minimum absolute atomic E-state index is 0.0477. The van der Waals surface area contributed by atoms with Crippen LogP contribution in [0.4, 0.5) is 0 Å². The maximum Gasteiger partial charge on any atom is 0.306 e. The van der Waals surface area contributed by atoms with Gasteiger partial charge < -0.3 is 14.9 Å². The molecule has 0 aliphatic heterocycles. The topological polar surface area (TPSA) is 66.8 Å². The number of halogens is 1. The summed E-state index contributed by atoms with van der Waals surface area (Å²) in [5, 5.41) is 18.2. The molecule has 0 aliphatic carbocycles. The quantitative estimate of drug-likeness (QED) is 0.806. The van der Waals surface area contributed by atoms with Crippen molar-refractivity contribution in [3.8, 4) is 5.75 Å². The van der Waals surface area contributed by atoms with Gasteiger partial charge in [-0.1, -0.05) is 11.6 Å². The molecule has 5 heteroatoms. The van der Waals surface area contributed by atoms with E-state index >= 15 is 0 Å². The molecule has 1 aromatic rings. The predicted molar refractivity (Wildman–Crippen MR) is 55.2 cm³/mol. The third-order valence-electron chi connectivity index (χ3n) is 1.67. The molecule has 82 valence electrons. The predicted octanol–water partition coefficient (Wildman–Crippen LogP) is 1.55. The van der Waals surface area contributed by atoms with Crippen molar-refractivity contribution in [3.05, 3.63) is 29.3 Å². The van der Waals surface area contributed by atoms with E-state index in [0.29, 0.717) is 10.8 Å². The van der Waals surface area contributed by atoms with E-state index in [2.05, 4.69) is 0 Å². The van der Waals surface area contributed by atoms with Crippen molar-refractivity contribution in [1.29, 1.82) is 0 Å². The lowest BCUT2D eigenvalue weighted by atomic mass is 10.3. The Hall–Kier alpha value is -1.26. The Labute approximate surface area is 92.1 Å². The Morgan fingerprint density at radius 2 is 2.00 bits per heavy atom. The van der Waals surface area contributed by atoms with Crippen LogP contribution < -0.4 is 4.74 Å². The summed E-state index contributed by atoms with van der Waals surface area (Å²) in [7, 11) is 0. The first kappa shape index (κ1) is 11.8. The molecule has 15 heavy (non-hydrogen) atoms. The lowest BCUT2D eigenvalue weighted by molar-refractivity contribution is -0.139. The van der Waals surface area contributed by atoms with E-state index in [1.807, 2.05) is 0 Å². The number of carbonyl (C=O) groups is 1. The number of benzene rings is 1. The van der Waals surface area contributed by atoms with E-state index in [1.54, 1.807) is 24.3 Å². The summed E-state index contributed by atoms with van der Waals surface area (Å²) in [6.07, 6.45) is -1.33. The third kappa shape index (κ3) is 4.67. The van der Waals surface area contributed by atoms with Crippen molar-refractivity contribution in [3.63, 3.8) is 0 Å². The summed E-state index contributed by atoms with van der Waals surface area (Å²) in [5.41, 5.74) is 0. The van der Waals surface area contributed by atoms with E-state index in [0.717, 1.165) is 0 Å². The molecule has 1 aromatic carbocycles. The monoisotopic (exact) mass is 230 g/mol. The van der Waals surface area contributed by atoms with Gasteiger partial charge in [-0.05, 0) is 24.3 Å². The van der Waals surface area contributed by atoms with E-state index in [1.165, 1.54) is 0 Å². The number of carboxylic acid groups (broad SMARTS) is 1. The van der Waals surface area contributed by atoms with Crippen LogP contribution in [-0.2, 0) is 4.79 Å². The summed E-state index contributed by atoms with van der Waals surface area (Å²) in [6.45, 7) is -0.0477. The van der Waals surface area contributed by atoms with Gasteiger partial charge in [-0.25, -0.2) is 0 Å². The van der Waals surface area contributed by atoms with Crippen molar-refractivity contribution in [2.45, 2.75) is 12.5 Å². The average Bonchev–Trinajstić information content (AvgIpc) is 2.16. The molecule has 0 radical (unpaired) electrons. The van der Waals surface area contributed by atoms with Crippen molar-refractivity contribution in [2.75, 3.05) is 6.61 Å². The Morgan fingerprint density at radius 3 is 2.53 bits per heavy atom. The molecular formula is C10H11ClO4. The minimum atomic E-state index is -1.05. The Morgan fingerprint density at radius 1 is 1.40 bits per heavy atom. The molecule has 0 aromatic heterocycles. The van der Waals surface area contributed by atoms with E-state index in [9.17, 15) is 9.90 Å². The van der Waals surface area contributed by atoms with Crippen LogP contribution in [0.3, 0.4) is 0 Å². The van der Waals surface area contributed by atoms with Crippen molar-refractivity contribution < 1.29 is 19.7 Å². The highest BCUT2D eigenvalue weighted by molar-refractivity contribution is 6.30. The van der Waals surface area contributed by atoms with Crippen LogP contribution in [0.25, 0.3) is 0 Å². The van der Waals surface area contributed by atoms with Crippen LogP contribution in [-0.4, -0.2) is 28.9 Å². The first-order chi connectivity index (χ1) is 7.08. The molecule has 0 saturated heterocycles. The molecule has 1 unspecified atom stereocenters. The maximum absolute atomic E-state index is 10.2. The van der Waals surface area contributed by atoms with Crippen LogP contribution in [0.5, 0.6) is 5.75 Å². The molecule has 0 amide bonds. The van der Waals surface area contributed by atoms with Crippen LogP contribution >= 0.6 is 11.6 Å². The van der Waals surface area contributed by atoms with E-state index in [4.69, 9.17) is 21.4 Å². The number of hydrogen-bond acceptors (Lipinski definition) is 3. The molecule has 0 spiro atoms. The summed E-state index contributed by atoms with van der Waals surface area (Å²) in [4.78, 5) is 10.2. The Balaban J connectivity index is 2.36. The first-order valence-corrected chi connectivity index (χ1v) is 4.74. The molecule has 1 rings (SSSR count). The zero-order valence-electron chi connectivity index (χ0n) is 7.89. The Bertz CT molecular complexity index is 323. The van der Waals surface area contributed by atoms with Crippen molar-refractivity contribution in [1.82, 2.24) is 0 Å². The fourth-order valence-corrected chi connectivity index (χ4v) is 1.11. The molecule has 0 heterocycles. The second-order valence-corrected chi connectivity index (χ2v) is 3.45. The van der Waals surface area contributed by atoms with Gasteiger partial charge in [0, 0.05) is 5.02 Å². The highest BCUT2D eigenvalue weighted by Gasteiger charge is 2.09. The number of rotatable bonds is 5. The molecule has 2 N–H and O–H groups in total. The summed E-state index contributed by atoms with van der Waals surface area (Å²) in [5.74, 6) is -0.508. The number of aliphatic hydroxyl groups is 1. The molecule has 1 atom stereocenters. The number of carboxylic acids is 1. The molecular weight excluding hydrogens is 220 g/mol. The zero-order chi connectivity index (χ0) is 11.3. The Kier molecular flexibility index (Phi) is 4.39. The highest BCUT2D eigenvalue weighted by Crippen LogP contribution is 2.15. The van der Waals surface area contributed by atoms with E-state index < -0.39 is 12.1 Å². The standard InChI is InChI=1S/C10H11ClO4/c11-7-1-3-9(4-2-7)15-6-8(12)5-10(13)14/h1-4,8,12H,5-6H2,(H,13,14). The van der Waals surface area contributed by atoms with Crippen molar-refractivity contribution >= 4 is 17.6 Å². The fourth-order valence-electron chi connectivity index (χ4n) is 0.984. The van der Waals surface area contributed by atoms with Gasteiger partial charge in [0.25, 0.3) is 0 Å². The van der Waals surface area contributed by atoms with Crippen LogP contribution in [0.2, 0.25) is 5.02 Å². The summed E-state index contributed by atoms with van der Waals surface area (Å²) < 4.78 is 5.15. The van der Waals surface area contributed by atoms with Crippen LogP contribution in [0.1, 0.15) is 6.42 Å². The summed E-state index contributed by atoms with van der Waals surface area (Å²) in [6, 6.07) is 6.60. The van der Waals surface area contributed by atoms with Gasteiger partial charge >= 0.3 is 5.97 Å². The molecule has 0 fully saturated rings. The summed E-state index contributed by atoms with van der Waals surface area (Å²) >= 11 is 5.66. The lowest BCUT2D eigenvalue weighted by Gasteiger charge is -2.10. The van der Waals surface area contributed by atoms with Crippen LogP contribution in [0, 0.1) is 0 Å². The van der Waals surface area contributed by atoms with E-state index in [-0.39, 0.29) is 13.0 Å². The van der Waals surface area contributed by atoms with Gasteiger partial charge in [-0.15, -0.1) is 0 Å². The fraction of sp³-hybridized carbons (Fsp3) is 0.300. The molecule has 0 saturated carbocycles. The zero-order valence-corrected chi connectivity index (χ0v) is 8.65. The number of hydrogen-bond donors (Lipinski definition) is 2. The van der Waals surface area contributed by atoms with Gasteiger partial charge in [0.2, 0.25) is 0 Å². The normalized spacial score (nSPS) is 12.1. The van der Waals surface area contributed by atoms with Gasteiger partial charge in [-0.2, -0.15) is 0 Å². The lowest BCUT2D eigenvalue weighted by Crippen LogP contribution is -2.21. The molecule has 0 aliphatic rings. The number of ether oxygens (including phenoxy) is 1. The van der Waals surface area contributed by atoms with Gasteiger partial charge in [-0.3, -0.25) is 4.79 Å². The smallest absolute Gasteiger partial charge is 0.306 e. The second kappa shape index (κ2) is 5.58. The molecule has 4 nitrogen and oxygen atoms in total. The number of aliphatic hydroxyl groups excluding tert-OH is 1. The largest absolute Gasteiger partial charge is 0.491 e. The first-order valence-electron chi connectivity index (χ1n) is 4.36. The SMILES string of the molecule is O=C(O)CC(O)COc1ccc(Cl)cc1. The third-order valence-corrected chi connectivity index (χ3v) is 1.92. The maximum atomic E-state index is 10.2. The van der Waals surface area contributed by atoms with Gasteiger partial charge in [0.05, 0.1) is 12.5 Å². The van der Waals surface area contributed by atoms with Crippen LogP contribution in [0.15, 0.2) is 24.3 Å². The van der Waals surface area contributed by atoms with Gasteiger partial charge in [0.1, 0.15) is 12.4 Å². The van der Waals surface area contributed by atoms with Crippen molar-refractivity contribution in [2.24, 2.45) is 0 Å². The van der Waals surface area contributed by atoms with Gasteiger partial charge in [0.15, 0.2) is 0 Å². The molecule has 0 bridgehead atoms. The second-order valence-electron chi connectivity index (χ2n) is 3.02. The highest BCUT2D eigenvalue weighted by atomic mass is 35.5. The average molecular weight is 231 g/mol. The minimum Gasteiger partial charge on any atom is -0.491 e.